The number of piperidine rings is 1. The van der Waals surface area contributed by atoms with Gasteiger partial charge in [-0.15, -0.1) is 0 Å². The Morgan fingerprint density at radius 3 is 2.44 bits per heavy atom. The van der Waals surface area contributed by atoms with Crippen molar-refractivity contribution in [2.75, 3.05) is 26.7 Å². The minimum atomic E-state index is -4.06. The Bertz CT molecular complexity index is 1160. The van der Waals surface area contributed by atoms with Crippen LogP contribution in [0, 0.1) is 5.92 Å². The van der Waals surface area contributed by atoms with Gasteiger partial charge in [-0.1, -0.05) is 30.7 Å². The molecule has 2 atom stereocenters. The molecule has 9 heteroatoms. The third-order valence-electron chi connectivity index (χ3n) is 6.93. The molecule has 2 amide bonds. The molecular formula is C23H28ClN3O4S. The standard InChI is InChI=1S/C23H28ClN3O4S/c1-16(21(28)27-12-4-3-5-13-27)23(10-11-25-22(23)29)26(2)32(30,31)20-9-7-17-14-19(24)8-6-18(17)15-20/h6-9,14-16H,3-5,10-13H2,1-2H3,(H,25,29)/t16-,23+/m0/s1. The zero-order valence-corrected chi connectivity index (χ0v) is 19.9. The van der Waals surface area contributed by atoms with E-state index in [1.807, 2.05) is 0 Å². The summed E-state index contributed by atoms with van der Waals surface area (Å²) in [6.45, 7) is 3.29. The van der Waals surface area contributed by atoms with Crippen LogP contribution in [0.1, 0.15) is 32.6 Å². The zero-order chi connectivity index (χ0) is 23.1. The Balaban J connectivity index is 1.72. The second-order valence-corrected chi connectivity index (χ2v) is 11.1. The number of halogens is 1. The number of carbonyl (C=O) groups is 2. The lowest BCUT2D eigenvalue weighted by molar-refractivity contribution is -0.145. The van der Waals surface area contributed by atoms with E-state index < -0.39 is 27.4 Å². The number of rotatable bonds is 5. The summed E-state index contributed by atoms with van der Waals surface area (Å²) >= 11 is 6.04. The van der Waals surface area contributed by atoms with Crippen LogP contribution >= 0.6 is 11.6 Å². The van der Waals surface area contributed by atoms with Crippen LogP contribution in [0.3, 0.4) is 0 Å². The average Bonchev–Trinajstić information content (AvgIpc) is 3.19. The Hall–Kier alpha value is -2.16. The van der Waals surface area contributed by atoms with Crippen molar-refractivity contribution in [3.05, 3.63) is 41.4 Å². The smallest absolute Gasteiger partial charge is 0.243 e. The van der Waals surface area contributed by atoms with Gasteiger partial charge in [0, 0.05) is 31.7 Å². The number of nitrogens with zero attached hydrogens (tertiary/aromatic N) is 2. The second kappa shape index (κ2) is 8.65. The van der Waals surface area contributed by atoms with Crippen LogP contribution in [0.4, 0.5) is 0 Å². The van der Waals surface area contributed by atoms with Crippen LogP contribution < -0.4 is 5.32 Å². The van der Waals surface area contributed by atoms with E-state index in [4.69, 9.17) is 11.6 Å². The summed E-state index contributed by atoms with van der Waals surface area (Å²) in [4.78, 5) is 28.3. The molecule has 0 radical (unpaired) electrons. The van der Waals surface area contributed by atoms with Crippen LogP contribution in [0.25, 0.3) is 10.8 Å². The number of fused-ring (bicyclic) bond motifs is 1. The fourth-order valence-corrected chi connectivity index (χ4v) is 6.71. The average molecular weight is 478 g/mol. The first-order valence-corrected chi connectivity index (χ1v) is 12.8. The Labute approximate surface area is 193 Å². The van der Waals surface area contributed by atoms with Gasteiger partial charge >= 0.3 is 0 Å². The van der Waals surface area contributed by atoms with Crippen molar-refractivity contribution in [1.29, 1.82) is 0 Å². The minimum Gasteiger partial charge on any atom is -0.354 e. The Morgan fingerprint density at radius 2 is 1.78 bits per heavy atom. The lowest BCUT2D eigenvalue weighted by atomic mass is 9.82. The van der Waals surface area contributed by atoms with Gasteiger partial charge in [0.25, 0.3) is 0 Å². The van der Waals surface area contributed by atoms with E-state index in [1.165, 1.54) is 13.1 Å². The minimum absolute atomic E-state index is 0.0755. The SMILES string of the molecule is C[C@@H](C(=O)N1CCCCC1)[C@]1(N(C)S(=O)(=O)c2ccc3cc(Cl)ccc3c2)CCNC1=O. The van der Waals surface area contributed by atoms with Crippen LogP contribution in [-0.2, 0) is 19.6 Å². The third kappa shape index (κ3) is 3.78. The van der Waals surface area contributed by atoms with Gasteiger partial charge in [-0.3, -0.25) is 9.59 Å². The number of likely N-dealkylation sites (tertiary alicyclic amines) is 1. The topological polar surface area (TPSA) is 86.8 Å². The third-order valence-corrected chi connectivity index (χ3v) is 9.07. The van der Waals surface area contributed by atoms with Crippen LogP contribution in [0.5, 0.6) is 0 Å². The molecule has 2 heterocycles. The van der Waals surface area contributed by atoms with E-state index >= 15 is 0 Å². The summed E-state index contributed by atoms with van der Waals surface area (Å²) in [6.07, 6.45) is 3.16. The molecule has 0 saturated carbocycles. The highest BCUT2D eigenvalue weighted by molar-refractivity contribution is 7.89. The lowest BCUT2D eigenvalue weighted by Crippen LogP contribution is -2.62. The summed E-state index contributed by atoms with van der Waals surface area (Å²) < 4.78 is 28.5. The maximum Gasteiger partial charge on any atom is 0.243 e. The van der Waals surface area contributed by atoms with E-state index in [2.05, 4.69) is 5.32 Å². The van der Waals surface area contributed by atoms with Gasteiger partial charge in [0.15, 0.2) is 0 Å². The summed E-state index contributed by atoms with van der Waals surface area (Å²) in [5, 5.41) is 4.87. The van der Waals surface area contributed by atoms with Crippen molar-refractivity contribution in [3.63, 3.8) is 0 Å². The van der Waals surface area contributed by atoms with Crippen molar-refractivity contribution in [2.24, 2.45) is 5.92 Å². The molecule has 7 nitrogen and oxygen atoms in total. The molecule has 0 aliphatic carbocycles. The van der Waals surface area contributed by atoms with E-state index in [0.717, 1.165) is 34.3 Å². The molecule has 0 bridgehead atoms. The van der Waals surface area contributed by atoms with Crippen molar-refractivity contribution in [1.82, 2.24) is 14.5 Å². The first-order valence-electron chi connectivity index (χ1n) is 10.9. The lowest BCUT2D eigenvalue weighted by Gasteiger charge is -2.41. The van der Waals surface area contributed by atoms with Crippen molar-refractivity contribution < 1.29 is 18.0 Å². The predicted molar refractivity (Wildman–Crippen MR) is 124 cm³/mol. The monoisotopic (exact) mass is 477 g/mol. The Morgan fingerprint density at radius 1 is 1.12 bits per heavy atom. The quantitative estimate of drug-likeness (QED) is 0.717. The van der Waals surface area contributed by atoms with Crippen LogP contribution in [-0.4, -0.2) is 61.7 Å². The van der Waals surface area contributed by atoms with Gasteiger partial charge in [0.2, 0.25) is 21.8 Å². The molecule has 2 saturated heterocycles. The molecule has 0 spiro atoms. The molecule has 4 rings (SSSR count). The van der Waals surface area contributed by atoms with Gasteiger partial charge in [-0.05, 0) is 60.7 Å². The van der Waals surface area contributed by atoms with Gasteiger partial charge in [-0.2, -0.15) is 4.31 Å². The normalized spacial score (nSPS) is 22.9. The van der Waals surface area contributed by atoms with Gasteiger partial charge in [0.1, 0.15) is 5.54 Å². The molecule has 32 heavy (non-hydrogen) atoms. The zero-order valence-electron chi connectivity index (χ0n) is 18.3. The molecule has 2 aromatic rings. The maximum absolute atomic E-state index is 13.7. The molecule has 0 unspecified atom stereocenters. The molecule has 172 valence electrons. The second-order valence-electron chi connectivity index (χ2n) is 8.66. The number of benzene rings is 2. The van der Waals surface area contributed by atoms with Gasteiger partial charge in [0.05, 0.1) is 10.8 Å². The summed E-state index contributed by atoms with van der Waals surface area (Å²) in [7, 11) is -2.65. The Kier molecular flexibility index (Phi) is 6.22. The number of nitrogens with one attached hydrogen (secondary N) is 1. The molecule has 2 aliphatic heterocycles. The first-order chi connectivity index (χ1) is 15.2. The fraction of sp³-hybridized carbons (Fsp3) is 0.478. The van der Waals surface area contributed by atoms with Crippen LogP contribution in [0.2, 0.25) is 5.02 Å². The highest BCUT2D eigenvalue weighted by Gasteiger charge is 2.57. The number of hydrogen-bond acceptors (Lipinski definition) is 4. The van der Waals surface area contributed by atoms with Gasteiger partial charge in [-0.25, -0.2) is 8.42 Å². The number of amides is 2. The van der Waals surface area contributed by atoms with E-state index in [9.17, 15) is 18.0 Å². The highest BCUT2D eigenvalue weighted by Crippen LogP contribution is 2.37. The first kappa shape index (κ1) is 23.0. The van der Waals surface area contributed by atoms with Crippen molar-refractivity contribution in [3.8, 4) is 0 Å². The molecular weight excluding hydrogens is 450 g/mol. The molecule has 2 aromatic carbocycles. The van der Waals surface area contributed by atoms with Crippen LogP contribution in [0.15, 0.2) is 41.3 Å². The van der Waals surface area contributed by atoms with Crippen molar-refractivity contribution >= 4 is 44.2 Å². The summed E-state index contributed by atoms with van der Waals surface area (Å²) in [5.41, 5.74) is -1.47. The van der Waals surface area contributed by atoms with E-state index in [0.29, 0.717) is 24.7 Å². The number of likely N-dealkylation sites (N-methyl/N-ethyl adjacent to an activating group) is 1. The summed E-state index contributed by atoms with van der Waals surface area (Å²) in [6, 6.07) is 10.0. The fourth-order valence-electron chi connectivity index (χ4n) is 4.94. The molecule has 2 aliphatic rings. The van der Waals surface area contributed by atoms with Crippen molar-refractivity contribution in [2.45, 2.75) is 43.0 Å². The number of hydrogen-bond donors (Lipinski definition) is 1. The molecule has 0 aromatic heterocycles. The predicted octanol–water partition coefficient (Wildman–Crippen LogP) is 3.02. The number of carbonyl (C=O) groups excluding carboxylic acids is 2. The van der Waals surface area contributed by atoms with E-state index in [-0.39, 0.29) is 17.2 Å². The molecule has 1 N–H and O–H groups in total. The molecule has 2 fully saturated rings. The van der Waals surface area contributed by atoms with E-state index in [1.54, 1.807) is 42.2 Å². The largest absolute Gasteiger partial charge is 0.354 e. The number of sulfonamides is 1. The highest BCUT2D eigenvalue weighted by atomic mass is 35.5. The summed E-state index contributed by atoms with van der Waals surface area (Å²) in [5.74, 6) is -1.40. The maximum atomic E-state index is 13.7. The van der Waals surface area contributed by atoms with Gasteiger partial charge < -0.3 is 10.2 Å².